The van der Waals surface area contributed by atoms with Crippen LogP contribution in [-0.4, -0.2) is 4.92 Å². The highest BCUT2D eigenvalue weighted by atomic mass is 35.5. The maximum absolute atomic E-state index is 10.8. The fraction of sp³-hybridized carbons (Fsp3) is 0.400. The van der Waals surface area contributed by atoms with E-state index in [0.717, 1.165) is 0 Å². The Morgan fingerprint density at radius 3 is 2.29 bits per heavy atom. The van der Waals surface area contributed by atoms with Crippen molar-refractivity contribution >= 4 is 17.3 Å². The van der Waals surface area contributed by atoms with Crippen LogP contribution in [0.4, 0.5) is 5.69 Å². The molecule has 0 fully saturated rings. The molecule has 0 unspecified atom stereocenters. The van der Waals surface area contributed by atoms with E-state index in [-0.39, 0.29) is 11.1 Å². The van der Waals surface area contributed by atoms with Crippen molar-refractivity contribution in [2.24, 2.45) is 0 Å². The number of hydrogen-bond acceptors (Lipinski definition) is 2. The molecule has 0 amide bonds. The molecule has 0 heterocycles. The second-order valence-corrected chi connectivity index (χ2v) is 4.55. The van der Waals surface area contributed by atoms with Gasteiger partial charge in [-0.05, 0) is 11.5 Å². The topological polar surface area (TPSA) is 43.1 Å². The first kappa shape index (κ1) is 11.0. The lowest BCUT2D eigenvalue weighted by atomic mass is 9.86. The summed E-state index contributed by atoms with van der Waals surface area (Å²) in [7, 11) is 0. The monoisotopic (exact) mass is 213 g/mol. The van der Waals surface area contributed by atoms with E-state index in [4.69, 9.17) is 11.6 Å². The largest absolute Gasteiger partial charge is 0.274 e. The molecule has 1 aromatic carbocycles. The maximum Gasteiger partial charge on any atom is 0.274 e. The fourth-order valence-corrected chi connectivity index (χ4v) is 1.86. The van der Waals surface area contributed by atoms with Crippen molar-refractivity contribution in [1.29, 1.82) is 0 Å². The molecule has 0 aliphatic rings. The number of nitro groups is 1. The van der Waals surface area contributed by atoms with Crippen molar-refractivity contribution in [3.05, 3.63) is 38.9 Å². The van der Waals surface area contributed by atoms with E-state index in [1.807, 2.05) is 20.8 Å². The summed E-state index contributed by atoms with van der Waals surface area (Å²) in [5, 5.41) is 11.2. The molecule has 0 radical (unpaired) electrons. The predicted molar refractivity (Wildman–Crippen MR) is 56.8 cm³/mol. The number of rotatable bonds is 1. The van der Waals surface area contributed by atoms with Gasteiger partial charge in [-0.1, -0.05) is 38.4 Å². The zero-order valence-electron chi connectivity index (χ0n) is 8.37. The van der Waals surface area contributed by atoms with Crippen molar-refractivity contribution < 1.29 is 4.92 Å². The van der Waals surface area contributed by atoms with Crippen molar-refractivity contribution in [1.82, 2.24) is 0 Å². The Morgan fingerprint density at radius 2 is 1.93 bits per heavy atom. The highest BCUT2D eigenvalue weighted by Crippen LogP contribution is 2.36. The van der Waals surface area contributed by atoms with Crippen LogP contribution in [0.15, 0.2) is 18.2 Å². The quantitative estimate of drug-likeness (QED) is 0.529. The summed E-state index contributed by atoms with van der Waals surface area (Å²) in [6.45, 7) is 5.71. The standard InChI is InChI=1S/C10H12ClNO2/c1-10(2,3)9-7(11)5-4-6-8(9)12(13)14/h4-6H,1-3H3. The molecule has 0 N–H and O–H groups in total. The van der Waals surface area contributed by atoms with Gasteiger partial charge in [-0.15, -0.1) is 0 Å². The van der Waals surface area contributed by atoms with Crippen LogP contribution in [-0.2, 0) is 5.41 Å². The first-order valence-electron chi connectivity index (χ1n) is 4.27. The van der Waals surface area contributed by atoms with Gasteiger partial charge in [0.25, 0.3) is 5.69 Å². The van der Waals surface area contributed by atoms with E-state index in [2.05, 4.69) is 0 Å². The van der Waals surface area contributed by atoms with Gasteiger partial charge in [0.1, 0.15) is 0 Å². The van der Waals surface area contributed by atoms with Gasteiger partial charge in [0.2, 0.25) is 0 Å². The van der Waals surface area contributed by atoms with Crippen molar-refractivity contribution in [3.63, 3.8) is 0 Å². The summed E-state index contributed by atoms with van der Waals surface area (Å²) in [5.41, 5.74) is 0.359. The number of nitrogens with zero attached hydrogens (tertiary/aromatic N) is 1. The van der Waals surface area contributed by atoms with Crippen LogP contribution in [0.2, 0.25) is 5.02 Å². The molecular formula is C10H12ClNO2. The van der Waals surface area contributed by atoms with E-state index < -0.39 is 4.92 Å². The molecule has 0 spiro atoms. The van der Waals surface area contributed by atoms with Gasteiger partial charge in [-0.3, -0.25) is 10.1 Å². The van der Waals surface area contributed by atoms with Crippen LogP contribution in [0.5, 0.6) is 0 Å². The molecule has 0 aromatic heterocycles. The van der Waals surface area contributed by atoms with E-state index in [1.165, 1.54) is 6.07 Å². The minimum atomic E-state index is -0.396. The smallest absolute Gasteiger partial charge is 0.258 e. The molecule has 0 saturated heterocycles. The van der Waals surface area contributed by atoms with Gasteiger partial charge < -0.3 is 0 Å². The van der Waals surface area contributed by atoms with Crippen molar-refractivity contribution in [3.8, 4) is 0 Å². The van der Waals surface area contributed by atoms with Gasteiger partial charge in [0.15, 0.2) is 0 Å². The fourth-order valence-electron chi connectivity index (χ4n) is 1.41. The molecule has 0 aliphatic carbocycles. The van der Waals surface area contributed by atoms with Gasteiger partial charge in [-0.2, -0.15) is 0 Å². The van der Waals surface area contributed by atoms with Crippen LogP contribution in [0, 0.1) is 10.1 Å². The SMILES string of the molecule is CC(C)(C)c1c(Cl)cccc1[N+](=O)[O-]. The Morgan fingerprint density at radius 1 is 1.36 bits per heavy atom. The third-order valence-corrected chi connectivity index (χ3v) is 2.25. The van der Waals surface area contributed by atoms with Gasteiger partial charge in [0, 0.05) is 6.07 Å². The third kappa shape index (κ3) is 2.04. The lowest BCUT2D eigenvalue weighted by Crippen LogP contribution is -2.14. The Labute approximate surface area is 87.8 Å². The van der Waals surface area contributed by atoms with Crippen LogP contribution < -0.4 is 0 Å². The zero-order valence-corrected chi connectivity index (χ0v) is 9.13. The van der Waals surface area contributed by atoms with Crippen LogP contribution in [0.3, 0.4) is 0 Å². The van der Waals surface area contributed by atoms with Crippen LogP contribution in [0.1, 0.15) is 26.3 Å². The molecule has 0 saturated carbocycles. The molecule has 4 heteroatoms. The molecule has 0 aliphatic heterocycles. The second-order valence-electron chi connectivity index (χ2n) is 4.14. The minimum absolute atomic E-state index is 0.0880. The van der Waals surface area contributed by atoms with E-state index in [1.54, 1.807) is 12.1 Å². The molecule has 0 atom stereocenters. The zero-order chi connectivity index (χ0) is 10.9. The normalized spacial score (nSPS) is 11.4. The summed E-state index contributed by atoms with van der Waals surface area (Å²) >= 11 is 5.95. The summed E-state index contributed by atoms with van der Waals surface area (Å²) in [6, 6.07) is 4.75. The Balaban J connectivity index is 3.45. The van der Waals surface area contributed by atoms with Gasteiger partial charge >= 0.3 is 0 Å². The van der Waals surface area contributed by atoms with Gasteiger partial charge in [-0.25, -0.2) is 0 Å². The highest BCUT2D eigenvalue weighted by molar-refractivity contribution is 6.31. The van der Waals surface area contributed by atoms with E-state index >= 15 is 0 Å². The number of halogens is 1. The van der Waals surface area contributed by atoms with Crippen molar-refractivity contribution in [2.75, 3.05) is 0 Å². The van der Waals surface area contributed by atoms with Crippen LogP contribution >= 0.6 is 11.6 Å². The molecule has 14 heavy (non-hydrogen) atoms. The average molecular weight is 214 g/mol. The summed E-state index contributed by atoms with van der Waals surface area (Å²) in [5.74, 6) is 0. The molecule has 1 aromatic rings. The van der Waals surface area contributed by atoms with E-state index in [9.17, 15) is 10.1 Å². The maximum atomic E-state index is 10.8. The molecule has 3 nitrogen and oxygen atoms in total. The molecule has 0 bridgehead atoms. The molecule has 76 valence electrons. The Bertz CT molecular complexity index is 369. The molecular weight excluding hydrogens is 202 g/mol. The third-order valence-electron chi connectivity index (χ3n) is 1.94. The highest BCUT2D eigenvalue weighted by Gasteiger charge is 2.27. The first-order valence-corrected chi connectivity index (χ1v) is 4.65. The number of hydrogen-bond donors (Lipinski definition) is 0. The van der Waals surface area contributed by atoms with Crippen molar-refractivity contribution in [2.45, 2.75) is 26.2 Å². The number of nitro benzene ring substituents is 1. The summed E-state index contributed by atoms with van der Waals surface area (Å²) < 4.78 is 0. The van der Waals surface area contributed by atoms with E-state index in [0.29, 0.717) is 10.6 Å². The lowest BCUT2D eigenvalue weighted by molar-refractivity contribution is -0.386. The first-order chi connectivity index (χ1) is 6.34. The van der Waals surface area contributed by atoms with Crippen LogP contribution in [0.25, 0.3) is 0 Å². The summed E-state index contributed by atoms with van der Waals surface area (Å²) in [4.78, 5) is 10.4. The average Bonchev–Trinajstić information content (AvgIpc) is 2.01. The summed E-state index contributed by atoms with van der Waals surface area (Å²) in [6.07, 6.45) is 0. The Hall–Kier alpha value is -1.09. The second kappa shape index (κ2) is 3.58. The predicted octanol–water partition coefficient (Wildman–Crippen LogP) is 3.55. The minimum Gasteiger partial charge on any atom is -0.258 e. The lowest BCUT2D eigenvalue weighted by Gasteiger charge is -2.19. The van der Waals surface area contributed by atoms with Gasteiger partial charge in [0.05, 0.1) is 15.5 Å². The number of benzene rings is 1. The molecule has 1 rings (SSSR count). The Kier molecular flexibility index (Phi) is 2.81.